The lowest BCUT2D eigenvalue weighted by Crippen LogP contribution is -2.22. The van der Waals surface area contributed by atoms with Gasteiger partial charge in [-0.05, 0) is 17.7 Å². The smallest absolute Gasteiger partial charge is 0.149 e. The zero-order chi connectivity index (χ0) is 13.5. The molecule has 2 N–H and O–H groups in total. The summed E-state index contributed by atoms with van der Waals surface area (Å²) in [4.78, 5) is 0. The fourth-order valence-corrected chi connectivity index (χ4v) is 1.75. The highest BCUT2D eigenvalue weighted by molar-refractivity contribution is 5.44. The normalized spacial score (nSPS) is 10.4. The molecule has 0 unspecified atom stereocenters. The molecule has 2 rings (SSSR count). The Morgan fingerprint density at radius 1 is 0.895 bits per heavy atom. The minimum atomic E-state index is -0.567. The lowest BCUT2D eigenvalue weighted by atomic mass is 10.2. The molecule has 0 amide bonds. The van der Waals surface area contributed by atoms with E-state index in [0.29, 0.717) is 18.8 Å². The van der Waals surface area contributed by atoms with Gasteiger partial charge in [-0.1, -0.05) is 30.3 Å². The van der Waals surface area contributed by atoms with E-state index in [1.54, 1.807) is 0 Å². The Morgan fingerprint density at radius 3 is 2.42 bits per heavy atom. The van der Waals surface area contributed by atoms with Gasteiger partial charge < -0.3 is 10.6 Å². The Hall–Kier alpha value is -1.94. The van der Waals surface area contributed by atoms with Gasteiger partial charge in [0.2, 0.25) is 0 Å². The first kappa shape index (κ1) is 13.5. The molecule has 0 fully saturated rings. The van der Waals surface area contributed by atoms with Crippen molar-refractivity contribution in [1.29, 1.82) is 0 Å². The number of hydrogen-bond donors (Lipinski definition) is 2. The second-order valence-electron chi connectivity index (χ2n) is 4.21. The molecule has 2 aromatic rings. The predicted octanol–water partition coefficient (Wildman–Crippen LogP) is 3.17. The summed E-state index contributed by atoms with van der Waals surface area (Å²) < 4.78 is 26.0. The predicted molar refractivity (Wildman–Crippen MR) is 73.0 cm³/mol. The van der Waals surface area contributed by atoms with Gasteiger partial charge in [0.05, 0.1) is 5.69 Å². The Bertz CT molecular complexity index is 515. The third-order valence-electron chi connectivity index (χ3n) is 2.72. The van der Waals surface area contributed by atoms with Crippen LogP contribution in [0.15, 0.2) is 48.5 Å². The number of rotatable bonds is 6. The lowest BCUT2D eigenvalue weighted by molar-refractivity contribution is 0.584. The first-order valence-electron chi connectivity index (χ1n) is 6.19. The highest BCUT2D eigenvalue weighted by atomic mass is 19.1. The molecule has 100 valence electrons. The minimum Gasteiger partial charge on any atom is -0.381 e. The molecule has 0 aliphatic heterocycles. The van der Waals surface area contributed by atoms with Crippen molar-refractivity contribution in [1.82, 2.24) is 5.32 Å². The first-order valence-corrected chi connectivity index (χ1v) is 6.19. The number of anilines is 1. The van der Waals surface area contributed by atoms with Crippen LogP contribution in [0.2, 0.25) is 0 Å². The van der Waals surface area contributed by atoms with Crippen LogP contribution in [0.4, 0.5) is 14.5 Å². The van der Waals surface area contributed by atoms with Gasteiger partial charge in [0.1, 0.15) is 11.6 Å². The number of nitrogens with one attached hydrogen (secondary N) is 2. The molecular formula is C15H16F2N2. The van der Waals surface area contributed by atoms with E-state index < -0.39 is 11.6 Å². The standard InChI is InChI=1S/C15H16F2N2/c16-13-6-7-15(14(17)10-13)19-9-8-18-11-12-4-2-1-3-5-12/h1-7,10,18-19H,8-9,11H2. The van der Waals surface area contributed by atoms with Crippen molar-refractivity contribution in [3.05, 3.63) is 65.7 Å². The van der Waals surface area contributed by atoms with Crippen LogP contribution in [-0.4, -0.2) is 13.1 Å². The Labute approximate surface area is 111 Å². The van der Waals surface area contributed by atoms with Crippen LogP contribution in [0, 0.1) is 11.6 Å². The van der Waals surface area contributed by atoms with Crippen LogP contribution in [0.5, 0.6) is 0 Å². The SMILES string of the molecule is Fc1ccc(NCCNCc2ccccc2)c(F)c1. The molecule has 0 aliphatic carbocycles. The summed E-state index contributed by atoms with van der Waals surface area (Å²) in [5, 5.41) is 6.17. The van der Waals surface area contributed by atoms with Crippen molar-refractivity contribution in [2.24, 2.45) is 0 Å². The second kappa shape index (κ2) is 6.85. The number of hydrogen-bond acceptors (Lipinski definition) is 2. The molecule has 2 aromatic carbocycles. The second-order valence-corrected chi connectivity index (χ2v) is 4.21. The van der Waals surface area contributed by atoms with Crippen LogP contribution in [0.1, 0.15) is 5.56 Å². The quantitative estimate of drug-likeness (QED) is 0.781. The van der Waals surface area contributed by atoms with E-state index in [1.165, 1.54) is 17.7 Å². The molecule has 0 saturated carbocycles. The summed E-state index contributed by atoms with van der Waals surface area (Å²) in [7, 11) is 0. The van der Waals surface area contributed by atoms with E-state index in [2.05, 4.69) is 10.6 Å². The average molecular weight is 262 g/mol. The topological polar surface area (TPSA) is 24.1 Å². The van der Waals surface area contributed by atoms with Gasteiger partial charge in [-0.25, -0.2) is 8.78 Å². The van der Waals surface area contributed by atoms with E-state index in [0.717, 1.165) is 12.6 Å². The van der Waals surface area contributed by atoms with Crippen molar-refractivity contribution in [2.45, 2.75) is 6.54 Å². The van der Waals surface area contributed by atoms with Crippen molar-refractivity contribution in [3.8, 4) is 0 Å². The van der Waals surface area contributed by atoms with Crippen LogP contribution >= 0.6 is 0 Å². The number of benzene rings is 2. The molecule has 0 bridgehead atoms. The van der Waals surface area contributed by atoms with E-state index in [4.69, 9.17) is 0 Å². The van der Waals surface area contributed by atoms with Crippen LogP contribution in [-0.2, 0) is 6.54 Å². The summed E-state index contributed by atoms with van der Waals surface area (Å²) in [5.41, 5.74) is 1.53. The van der Waals surface area contributed by atoms with Gasteiger partial charge in [-0.15, -0.1) is 0 Å². The van der Waals surface area contributed by atoms with Crippen molar-refractivity contribution < 1.29 is 8.78 Å². The third kappa shape index (κ3) is 4.34. The maximum absolute atomic E-state index is 13.3. The van der Waals surface area contributed by atoms with Gasteiger partial charge in [0.15, 0.2) is 0 Å². The lowest BCUT2D eigenvalue weighted by Gasteiger charge is -2.08. The molecule has 0 radical (unpaired) electrons. The molecule has 0 aliphatic rings. The van der Waals surface area contributed by atoms with Gasteiger partial charge in [0, 0.05) is 25.7 Å². The summed E-state index contributed by atoms with van der Waals surface area (Å²) in [6.45, 7) is 2.05. The minimum absolute atomic E-state index is 0.322. The Balaban J connectivity index is 1.69. The molecule has 0 heterocycles. The summed E-state index contributed by atoms with van der Waals surface area (Å²) >= 11 is 0. The van der Waals surface area contributed by atoms with E-state index in [9.17, 15) is 8.78 Å². The van der Waals surface area contributed by atoms with Crippen LogP contribution < -0.4 is 10.6 Å². The van der Waals surface area contributed by atoms with Gasteiger partial charge in [-0.3, -0.25) is 0 Å². The summed E-state index contributed by atoms with van der Waals surface area (Å²) in [6.07, 6.45) is 0. The van der Waals surface area contributed by atoms with E-state index >= 15 is 0 Å². The van der Waals surface area contributed by atoms with Crippen molar-refractivity contribution >= 4 is 5.69 Å². The maximum Gasteiger partial charge on any atom is 0.149 e. The molecule has 4 heteroatoms. The molecule has 0 aromatic heterocycles. The van der Waals surface area contributed by atoms with Gasteiger partial charge in [-0.2, -0.15) is 0 Å². The molecule has 2 nitrogen and oxygen atoms in total. The average Bonchev–Trinajstić information content (AvgIpc) is 2.42. The third-order valence-corrected chi connectivity index (χ3v) is 2.72. The van der Waals surface area contributed by atoms with E-state index in [-0.39, 0.29) is 0 Å². The Morgan fingerprint density at radius 2 is 1.68 bits per heavy atom. The fourth-order valence-electron chi connectivity index (χ4n) is 1.75. The molecule has 0 saturated heterocycles. The number of halogens is 2. The molecule has 0 atom stereocenters. The van der Waals surface area contributed by atoms with Crippen molar-refractivity contribution in [2.75, 3.05) is 18.4 Å². The largest absolute Gasteiger partial charge is 0.381 e. The maximum atomic E-state index is 13.3. The zero-order valence-corrected chi connectivity index (χ0v) is 10.5. The zero-order valence-electron chi connectivity index (χ0n) is 10.5. The fraction of sp³-hybridized carbons (Fsp3) is 0.200. The highest BCUT2D eigenvalue weighted by Crippen LogP contribution is 2.14. The van der Waals surface area contributed by atoms with Crippen LogP contribution in [0.3, 0.4) is 0 Å². The van der Waals surface area contributed by atoms with Crippen molar-refractivity contribution in [3.63, 3.8) is 0 Å². The van der Waals surface area contributed by atoms with Gasteiger partial charge >= 0.3 is 0 Å². The molecule has 0 spiro atoms. The molecular weight excluding hydrogens is 246 g/mol. The molecule has 19 heavy (non-hydrogen) atoms. The monoisotopic (exact) mass is 262 g/mol. The van der Waals surface area contributed by atoms with Gasteiger partial charge in [0.25, 0.3) is 0 Å². The van der Waals surface area contributed by atoms with E-state index in [1.807, 2.05) is 30.3 Å². The summed E-state index contributed by atoms with van der Waals surface area (Å²) in [5.74, 6) is -1.13. The first-order chi connectivity index (χ1) is 9.25. The van der Waals surface area contributed by atoms with Crippen LogP contribution in [0.25, 0.3) is 0 Å². The summed E-state index contributed by atoms with van der Waals surface area (Å²) in [6, 6.07) is 13.6. The Kier molecular flexibility index (Phi) is 4.86. The highest BCUT2D eigenvalue weighted by Gasteiger charge is 2.02.